The molecule has 5 heteroatoms. The van der Waals surface area contributed by atoms with Gasteiger partial charge in [0, 0.05) is 21.8 Å². The molecule has 2 nitrogen and oxygen atoms in total. The van der Waals surface area contributed by atoms with Crippen LogP contribution in [0.15, 0.2) is 24.3 Å². The first kappa shape index (κ1) is 12.1. The summed E-state index contributed by atoms with van der Waals surface area (Å²) in [5, 5.41) is 1.44. The average Bonchev–Trinajstić information content (AvgIpc) is 3.09. The molecule has 0 aliphatic carbocycles. The molecule has 1 aromatic carbocycles. The van der Waals surface area contributed by atoms with E-state index in [1.54, 1.807) is 24.3 Å². The van der Waals surface area contributed by atoms with Crippen molar-refractivity contribution in [3.63, 3.8) is 0 Å². The monoisotopic (exact) mass is 274 g/mol. The number of thioether (sulfide) groups is 2. The molecule has 0 N–H and O–H groups in total. The second kappa shape index (κ2) is 5.84. The average molecular weight is 275 g/mol. The van der Waals surface area contributed by atoms with E-state index in [1.165, 1.54) is 17.5 Å². The maximum absolute atomic E-state index is 11.4. The highest BCUT2D eigenvalue weighted by Gasteiger charge is 2.23. The molecule has 16 heavy (non-hydrogen) atoms. The highest BCUT2D eigenvalue weighted by Crippen LogP contribution is 2.33. The van der Waals surface area contributed by atoms with E-state index in [0.29, 0.717) is 16.0 Å². The van der Waals surface area contributed by atoms with Gasteiger partial charge in [0.1, 0.15) is 5.75 Å². The Hall–Kier alpha value is -0.320. The van der Waals surface area contributed by atoms with E-state index in [-0.39, 0.29) is 11.7 Å². The van der Waals surface area contributed by atoms with E-state index < -0.39 is 0 Å². The molecule has 1 unspecified atom stereocenters. The molecule has 1 aliphatic rings. The molecule has 2 rings (SSSR count). The number of ether oxygens (including phenoxy) is 1. The van der Waals surface area contributed by atoms with Crippen LogP contribution < -0.4 is 4.74 Å². The molecule has 0 bridgehead atoms. The van der Waals surface area contributed by atoms with Gasteiger partial charge >= 0.3 is 0 Å². The van der Waals surface area contributed by atoms with Crippen molar-refractivity contribution in [1.29, 1.82) is 0 Å². The molecule has 0 saturated carbocycles. The van der Waals surface area contributed by atoms with Crippen molar-refractivity contribution in [2.45, 2.75) is 5.25 Å². The van der Waals surface area contributed by atoms with Crippen LogP contribution in [0.4, 0.5) is 0 Å². The molecule has 0 amide bonds. The van der Waals surface area contributed by atoms with Gasteiger partial charge in [-0.2, -0.15) is 11.8 Å². The summed E-state index contributed by atoms with van der Waals surface area (Å²) < 4.78 is 5.34. The number of hydrogen-bond donors (Lipinski definition) is 0. The van der Waals surface area contributed by atoms with E-state index in [0.717, 1.165) is 5.75 Å². The fourth-order valence-electron chi connectivity index (χ4n) is 1.06. The number of halogens is 1. The van der Waals surface area contributed by atoms with Crippen molar-refractivity contribution in [3.8, 4) is 5.75 Å². The van der Waals surface area contributed by atoms with Gasteiger partial charge in [0.15, 0.2) is 6.61 Å². The highest BCUT2D eigenvalue weighted by molar-refractivity contribution is 8.15. The van der Waals surface area contributed by atoms with E-state index in [9.17, 15) is 4.79 Å². The van der Waals surface area contributed by atoms with Crippen molar-refractivity contribution in [1.82, 2.24) is 0 Å². The molecule has 1 aliphatic heterocycles. The summed E-state index contributed by atoms with van der Waals surface area (Å²) >= 11 is 8.99. The lowest BCUT2D eigenvalue weighted by Gasteiger charge is -2.04. The lowest BCUT2D eigenvalue weighted by molar-refractivity contribution is -0.112. The maximum Gasteiger partial charge on any atom is 0.226 e. The van der Waals surface area contributed by atoms with Crippen molar-refractivity contribution >= 4 is 40.2 Å². The zero-order valence-corrected chi connectivity index (χ0v) is 10.9. The SMILES string of the molecule is O=C(COc1ccc(Cl)cc1)SCC1CS1. The summed E-state index contributed by atoms with van der Waals surface area (Å²) in [5.41, 5.74) is 0. The second-order valence-electron chi connectivity index (χ2n) is 3.38. The number of carbonyl (C=O) groups excluding carboxylic acids is 1. The first-order chi connectivity index (χ1) is 7.74. The smallest absolute Gasteiger partial charge is 0.226 e. The number of hydrogen-bond acceptors (Lipinski definition) is 4. The second-order valence-corrected chi connectivity index (χ2v) is 6.23. The van der Waals surface area contributed by atoms with Crippen LogP contribution in [0.5, 0.6) is 5.75 Å². The first-order valence-corrected chi connectivity index (χ1v) is 7.31. The first-order valence-electron chi connectivity index (χ1n) is 4.89. The fourth-order valence-corrected chi connectivity index (χ4v) is 2.81. The minimum Gasteiger partial charge on any atom is -0.485 e. The zero-order chi connectivity index (χ0) is 11.4. The van der Waals surface area contributed by atoms with Gasteiger partial charge in [-0.05, 0) is 24.3 Å². The van der Waals surface area contributed by atoms with Crippen LogP contribution in [0.25, 0.3) is 0 Å². The Kier molecular flexibility index (Phi) is 4.44. The topological polar surface area (TPSA) is 26.3 Å². The highest BCUT2D eigenvalue weighted by atomic mass is 35.5. The van der Waals surface area contributed by atoms with Crippen LogP contribution in [0.1, 0.15) is 0 Å². The summed E-state index contributed by atoms with van der Waals surface area (Å²) in [6.45, 7) is 0.129. The number of rotatable bonds is 5. The van der Waals surface area contributed by atoms with Crippen molar-refractivity contribution in [2.75, 3.05) is 18.1 Å². The summed E-state index contributed by atoms with van der Waals surface area (Å²) in [7, 11) is 0. The molecule has 1 aromatic rings. The van der Waals surface area contributed by atoms with Crippen molar-refractivity contribution < 1.29 is 9.53 Å². The molecule has 1 fully saturated rings. The number of benzene rings is 1. The minimum atomic E-state index is 0.0856. The maximum atomic E-state index is 11.4. The largest absolute Gasteiger partial charge is 0.485 e. The van der Waals surface area contributed by atoms with Gasteiger partial charge in [-0.3, -0.25) is 4.79 Å². The van der Waals surface area contributed by atoms with Crippen LogP contribution in [-0.2, 0) is 4.79 Å². The minimum absolute atomic E-state index is 0.0856. The molecule has 1 saturated heterocycles. The van der Waals surface area contributed by atoms with E-state index >= 15 is 0 Å². The van der Waals surface area contributed by atoms with Crippen LogP contribution in [0.2, 0.25) is 5.02 Å². The summed E-state index contributed by atoms with van der Waals surface area (Å²) in [6, 6.07) is 7.01. The summed E-state index contributed by atoms with van der Waals surface area (Å²) in [6.07, 6.45) is 0. The van der Waals surface area contributed by atoms with Crippen LogP contribution >= 0.6 is 35.1 Å². The van der Waals surface area contributed by atoms with Crippen LogP contribution in [0.3, 0.4) is 0 Å². The fraction of sp³-hybridized carbons (Fsp3) is 0.364. The number of carbonyl (C=O) groups is 1. The van der Waals surface area contributed by atoms with Gasteiger partial charge in [0.2, 0.25) is 5.12 Å². The Morgan fingerprint density at radius 3 is 2.81 bits per heavy atom. The normalized spacial score (nSPS) is 18.2. The van der Waals surface area contributed by atoms with E-state index in [4.69, 9.17) is 16.3 Å². The van der Waals surface area contributed by atoms with Gasteiger partial charge in [0.25, 0.3) is 0 Å². The Labute approximate surface area is 108 Å². The van der Waals surface area contributed by atoms with Gasteiger partial charge in [-0.25, -0.2) is 0 Å². The van der Waals surface area contributed by atoms with Crippen molar-refractivity contribution in [3.05, 3.63) is 29.3 Å². The lowest BCUT2D eigenvalue weighted by Crippen LogP contribution is -2.08. The van der Waals surface area contributed by atoms with Crippen molar-refractivity contribution in [2.24, 2.45) is 0 Å². The Bertz CT molecular complexity index is 363. The third-order valence-corrected chi connectivity index (χ3v) is 4.45. The molecule has 0 spiro atoms. The molecule has 1 heterocycles. The van der Waals surface area contributed by atoms with Gasteiger partial charge in [-0.15, -0.1) is 0 Å². The molecular weight excluding hydrogens is 264 g/mol. The third-order valence-electron chi connectivity index (χ3n) is 2.00. The molecule has 1 atom stereocenters. The molecule has 0 aromatic heterocycles. The Balaban J connectivity index is 1.69. The summed E-state index contributed by atoms with van der Waals surface area (Å²) in [5.74, 6) is 2.78. The Morgan fingerprint density at radius 2 is 2.19 bits per heavy atom. The van der Waals surface area contributed by atoms with E-state index in [2.05, 4.69) is 0 Å². The standard InChI is InChI=1S/C11H11ClO2S2/c12-8-1-3-9(4-2-8)14-5-11(13)16-7-10-6-15-10/h1-4,10H,5-7H2. The van der Waals surface area contributed by atoms with Gasteiger partial charge in [0.05, 0.1) is 0 Å². The zero-order valence-electron chi connectivity index (χ0n) is 8.52. The van der Waals surface area contributed by atoms with Crippen LogP contribution in [-0.4, -0.2) is 28.5 Å². The molecule has 86 valence electrons. The predicted molar refractivity (Wildman–Crippen MR) is 70.7 cm³/mol. The predicted octanol–water partition coefficient (Wildman–Crippen LogP) is 3.09. The summed E-state index contributed by atoms with van der Waals surface area (Å²) in [4.78, 5) is 11.4. The quantitative estimate of drug-likeness (QED) is 0.771. The van der Waals surface area contributed by atoms with Crippen LogP contribution in [0, 0.1) is 0 Å². The Morgan fingerprint density at radius 1 is 1.50 bits per heavy atom. The molecule has 0 radical (unpaired) electrons. The molecular formula is C11H11ClO2S2. The van der Waals surface area contributed by atoms with Gasteiger partial charge < -0.3 is 4.74 Å². The van der Waals surface area contributed by atoms with Gasteiger partial charge in [-0.1, -0.05) is 23.4 Å². The van der Waals surface area contributed by atoms with E-state index in [1.807, 2.05) is 11.8 Å². The lowest BCUT2D eigenvalue weighted by atomic mass is 10.3. The third kappa shape index (κ3) is 4.28.